The number of carbonyl (C=O) groups is 1. The van der Waals surface area contributed by atoms with Gasteiger partial charge in [0.2, 0.25) is 0 Å². The summed E-state index contributed by atoms with van der Waals surface area (Å²) >= 11 is -2.56. The van der Waals surface area contributed by atoms with Gasteiger partial charge >= 0.3 is 6.09 Å². The largest absolute Gasteiger partial charge is 0.434 e. The van der Waals surface area contributed by atoms with Crippen LogP contribution in [0.4, 0.5) is 10.5 Å². The highest BCUT2D eigenvalue weighted by atomic mass is 32.2. The number of sulfone groups is 1. The maximum atomic E-state index is 12.0. The molecule has 0 aliphatic carbocycles. The first-order valence-corrected chi connectivity index (χ1v) is 8.90. The summed E-state index contributed by atoms with van der Waals surface area (Å²) in [7, 11) is -2.18. The molecule has 22 heavy (non-hydrogen) atoms. The van der Waals surface area contributed by atoms with Gasteiger partial charge in [0.1, 0.15) is 0 Å². The molecule has 11 heteroatoms. The first-order valence-electron chi connectivity index (χ1n) is 5.90. The molecule has 0 heterocycles. The number of nitrogens with zero attached hydrogens (tertiary/aromatic N) is 1. The summed E-state index contributed by atoms with van der Waals surface area (Å²) in [6, 6.07) is 5.83. The molecule has 0 spiro atoms. The van der Waals surface area contributed by atoms with Crippen molar-refractivity contribution in [1.82, 2.24) is 4.89 Å². The van der Waals surface area contributed by atoms with E-state index >= 15 is 0 Å². The van der Waals surface area contributed by atoms with Crippen molar-refractivity contribution in [3.05, 3.63) is 24.3 Å². The Balaban J connectivity index is 3.17. The molecule has 0 saturated carbocycles. The normalized spacial score (nSPS) is 12.7. The predicted octanol–water partition coefficient (Wildman–Crippen LogP) is 0.321. The number of methoxy groups -OCH3 is 1. The molecule has 0 aliphatic rings. The molecule has 124 valence electrons. The van der Waals surface area contributed by atoms with E-state index in [1.165, 1.54) is 25.3 Å². The van der Waals surface area contributed by atoms with Crippen molar-refractivity contribution in [3.8, 4) is 0 Å². The van der Waals surface area contributed by atoms with Crippen molar-refractivity contribution in [1.29, 1.82) is 0 Å². The molecule has 2 N–H and O–H groups in total. The third kappa shape index (κ3) is 5.35. The third-order valence-electron chi connectivity index (χ3n) is 2.50. The monoisotopic (exact) mass is 352 g/mol. The van der Waals surface area contributed by atoms with E-state index in [4.69, 9.17) is 9.29 Å². The van der Waals surface area contributed by atoms with E-state index in [1.54, 1.807) is 11.0 Å². The molecule has 0 radical (unpaired) electrons. The summed E-state index contributed by atoms with van der Waals surface area (Å²) in [5, 5.41) is 0. The number of hydrogen-bond acceptors (Lipinski definition) is 6. The lowest BCUT2D eigenvalue weighted by atomic mass is 10.3. The van der Waals surface area contributed by atoms with Gasteiger partial charge in [-0.3, -0.25) is 9.45 Å². The Morgan fingerprint density at radius 1 is 1.41 bits per heavy atom. The van der Waals surface area contributed by atoms with Gasteiger partial charge in [-0.2, -0.15) is 0 Å². The number of nitrogens with one attached hydrogen (secondary N) is 1. The zero-order valence-electron chi connectivity index (χ0n) is 11.9. The van der Waals surface area contributed by atoms with E-state index in [-0.39, 0.29) is 23.7 Å². The van der Waals surface area contributed by atoms with Crippen molar-refractivity contribution in [2.45, 2.75) is 4.90 Å². The molecule has 0 aromatic heterocycles. The molecule has 0 fully saturated rings. The number of anilines is 1. The van der Waals surface area contributed by atoms with Crippen LogP contribution in [0.1, 0.15) is 0 Å². The fourth-order valence-electron chi connectivity index (χ4n) is 1.61. The zero-order chi connectivity index (χ0) is 16.8. The average molecular weight is 352 g/mol. The molecule has 1 atom stereocenters. The van der Waals surface area contributed by atoms with Crippen LogP contribution in [0, 0.1) is 0 Å². The number of amides is 1. The first-order chi connectivity index (χ1) is 10.3. The van der Waals surface area contributed by atoms with E-state index in [1.807, 2.05) is 0 Å². The number of benzene rings is 1. The number of carbonyl (C=O) groups excluding carboxylic acids is 1. The molecule has 9 nitrogen and oxygen atoms in total. The van der Waals surface area contributed by atoms with Gasteiger partial charge < -0.3 is 9.57 Å². The number of rotatable bonds is 7. The summed E-state index contributed by atoms with van der Waals surface area (Å²) in [6.45, 7) is 0.0943. The summed E-state index contributed by atoms with van der Waals surface area (Å²) in [5.41, 5.74) is 0.0811. The molecule has 0 saturated heterocycles. The van der Waals surface area contributed by atoms with E-state index in [0.29, 0.717) is 0 Å². The Morgan fingerprint density at radius 3 is 2.59 bits per heavy atom. The molecular weight excluding hydrogens is 336 g/mol. The highest BCUT2D eigenvalue weighted by molar-refractivity contribution is 7.90. The van der Waals surface area contributed by atoms with Crippen LogP contribution in [-0.2, 0) is 30.7 Å². The molecule has 1 amide bonds. The fraction of sp³-hybridized carbons (Fsp3) is 0.364. The van der Waals surface area contributed by atoms with Crippen molar-refractivity contribution < 1.29 is 31.5 Å². The van der Waals surface area contributed by atoms with Crippen molar-refractivity contribution >= 4 is 32.9 Å². The lowest BCUT2D eigenvalue weighted by Crippen LogP contribution is -2.38. The average Bonchev–Trinajstić information content (AvgIpc) is 2.45. The van der Waals surface area contributed by atoms with Gasteiger partial charge in [0, 0.05) is 13.4 Å². The summed E-state index contributed by atoms with van der Waals surface area (Å²) in [5.74, 6) is 0. The molecular formula is C11H16N2O7S2. The molecule has 1 aromatic rings. The fourth-order valence-corrected chi connectivity index (χ4v) is 2.64. The van der Waals surface area contributed by atoms with Crippen LogP contribution in [0.15, 0.2) is 29.2 Å². The van der Waals surface area contributed by atoms with Crippen molar-refractivity contribution in [2.75, 3.05) is 31.4 Å². The van der Waals surface area contributed by atoms with Crippen LogP contribution in [0.5, 0.6) is 0 Å². The highest BCUT2D eigenvalue weighted by Crippen LogP contribution is 2.25. The lowest BCUT2D eigenvalue weighted by Gasteiger charge is -2.23. The molecule has 0 aliphatic heterocycles. The van der Waals surface area contributed by atoms with Crippen molar-refractivity contribution in [3.63, 3.8) is 0 Å². The van der Waals surface area contributed by atoms with Crippen LogP contribution in [-0.4, -0.2) is 49.8 Å². The Hall–Kier alpha value is -1.53. The Kier molecular flexibility index (Phi) is 6.90. The minimum absolute atomic E-state index is 0.0123. The van der Waals surface area contributed by atoms with Gasteiger partial charge in [-0.1, -0.05) is 12.1 Å². The smallest absolute Gasteiger partial charge is 0.383 e. The number of hydrogen-bond donors (Lipinski definition) is 2. The molecule has 1 rings (SSSR count). The first kappa shape index (κ1) is 18.5. The van der Waals surface area contributed by atoms with Gasteiger partial charge in [0.25, 0.3) is 11.3 Å². The van der Waals surface area contributed by atoms with Crippen LogP contribution in [0.2, 0.25) is 0 Å². The second-order valence-electron chi connectivity index (χ2n) is 4.08. The van der Waals surface area contributed by atoms with Crippen LogP contribution < -0.4 is 9.79 Å². The highest BCUT2D eigenvalue weighted by Gasteiger charge is 2.24. The summed E-state index contributed by atoms with van der Waals surface area (Å²) < 4.78 is 47.5. The Morgan fingerprint density at radius 2 is 2.05 bits per heavy atom. The Labute approximate surface area is 130 Å². The van der Waals surface area contributed by atoms with Crippen LogP contribution in [0.3, 0.4) is 0 Å². The molecule has 0 bridgehead atoms. The zero-order valence-corrected chi connectivity index (χ0v) is 13.5. The number of ether oxygens (including phenoxy) is 1. The summed E-state index contributed by atoms with van der Waals surface area (Å²) in [4.78, 5) is 18.9. The van der Waals surface area contributed by atoms with Gasteiger partial charge in [-0.15, -0.1) is 0 Å². The van der Waals surface area contributed by atoms with E-state index < -0.39 is 27.2 Å². The van der Waals surface area contributed by atoms with Gasteiger partial charge in [0.05, 0.1) is 23.7 Å². The minimum atomic E-state index is -3.59. The second kappa shape index (κ2) is 8.19. The lowest BCUT2D eigenvalue weighted by molar-refractivity contribution is 0.127. The topological polar surface area (TPSA) is 122 Å². The summed E-state index contributed by atoms with van der Waals surface area (Å²) in [6.07, 6.45) is -0.0391. The Bertz CT molecular complexity index is 648. The third-order valence-corrected chi connectivity index (χ3v) is 3.87. The second-order valence-corrected chi connectivity index (χ2v) is 6.73. The number of para-hydroxylation sites is 1. The van der Waals surface area contributed by atoms with Crippen LogP contribution >= 0.6 is 0 Å². The maximum Gasteiger partial charge on any atom is 0.434 e. The van der Waals surface area contributed by atoms with E-state index in [2.05, 4.69) is 4.84 Å². The van der Waals surface area contributed by atoms with E-state index in [9.17, 15) is 17.4 Å². The maximum absolute atomic E-state index is 12.0. The molecule has 1 aromatic carbocycles. The van der Waals surface area contributed by atoms with Gasteiger partial charge in [0.15, 0.2) is 9.84 Å². The SMILES string of the molecule is COCCN(C(=O)ONS(=O)O)c1ccccc1S(C)(=O)=O. The van der Waals surface area contributed by atoms with Crippen molar-refractivity contribution in [2.24, 2.45) is 0 Å². The van der Waals surface area contributed by atoms with Gasteiger partial charge in [-0.05, 0) is 17.0 Å². The molecule has 1 unspecified atom stereocenters. The van der Waals surface area contributed by atoms with Gasteiger partial charge in [-0.25, -0.2) is 17.4 Å². The minimum Gasteiger partial charge on any atom is -0.383 e. The standard InChI is InChI=1S/C11H16N2O7S2/c1-19-8-7-13(11(14)20-12-21(15)16)9-5-3-4-6-10(9)22(2,17)18/h3-6,12H,7-8H2,1-2H3,(H,15,16). The van der Waals surface area contributed by atoms with E-state index in [0.717, 1.165) is 11.2 Å². The van der Waals surface area contributed by atoms with Crippen LogP contribution in [0.25, 0.3) is 0 Å². The quantitative estimate of drug-likeness (QED) is 0.535. The predicted molar refractivity (Wildman–Crippen MR) is 79.2 cm³/mol.